The molecule has 0 aliphatic rings. The summed E-state index contributed by atoms with van der Waals surface area (Å²) in [5, 5.41) is 0. The molecule has 0 saturated carbocycles. The van der Waals surface area contributed by atoms with Crippen LogP contribution in [0.5, 0.6) is 0 Å². The van der Waals surface area contributed by atoms with Gasteiger partial charge in [-0.1, -0.05) is 61.7 Å². The number of allylic oxidation sites excluding steroid dienone is 6. The van der Waals surface area contributed by atoms with Crippen LogP contribution in [-0.4, -0.2) is 0 Å². The first-order valence-electron chi connectivity index (χ1n) is 5.39. The van der Waals surface area contributed by atoms with Gasteiger partial charge in [0.2, 0.25) is 0 Å². The molecule has 1 aromatic carbocycles. The number of benzene rings is 1. The van der Waals surface area contributed by atoms with Crippen LogP contribution in [0.3, 0.4) is 0 Å². The first-order valence-corrected chi connectivity index (χ1v) is 5.39. The number of hydrogen-bond acceptors (Lipinski definition) is 0. The predicted molar refractivity (Wildman–Crippen MR) is 74.1 cm³/mol. The molecule has 0 amide bonds. The highest BCUT2D eigenvalue weighted by atomic mass is 14.1. The molecule has 16 heavy (non-hydrogen) atoms. The molecular formula is C16H18. The van der Waals surface area contributed by atoms with Crippen molar-refractivity contribution in [2.24, 2.45) is 0 Å². The van der Waals surface area contributed by atoms with Crippen LogP contribution in [0.4, 0.5) is 0 Å². The highest BCUT2D eigenvalue weighted by Crippen LogP contribution is 2.25. The number of hydrogen-bond donors (Lipinski definition) is 0. The van der Waals surface area contributed by atoms with Gasteiger partial charge >= 0.3 is 0 Å². The fraction of sp³-hybridized carbons (Fsp3) is 0.125. The van der Waals surface area contributed by atoms with Gasteiger partial charge in [0.05, 0.1) is 0 Å². The molecule has 0 saturated heterocycles. The minimum Gasteiger partial charge on any atom is -0.0991 e. The van der Waals surface area contributed by atoms with Crippen molar-refractivity contribution in [1.29, 1.82) is 0 Å². The van der Waals surface area contributed by atoms with Gasteiger partial charge in [-0.2, -0.15) is 0 Å². The SMILES string of the molecule is C=CC=C(C)c1ccccc1C(C)=CC=C. The van der Waals surface area contributed by atoms with Gasteiger partial charge in [0.25, 0.3) is 0 Å². The molecule has 0 radical (unpaired) electrons. The molecule has 0 heteroatoms. The summed E-state index contributed by atoms with van der Waals surface area (Å²) in [6.45, 7) is 11.7. The molecule has 0 heterocycles. The topological polar surface area (TPSA) is 0 Å². The minimum atomic E-state index is 1.22. The first kappa shape index (κ1) is 12.3. The Morgan fingerprint density at radius 2 is 1.25 bits per heavy atom. The van der Waals surface area contributed by atoms with Crippen LogP contribution >= 0.6 is 0 Å². The maximum Gasteiger partial charge on any atom is -0.0152 e. The van der Waals surface area contributed by atoms with Crippen LogP contribution in [0.15, 0.2) is 61.7 Å². The first-order chi connectivity index (χ1) is 7.70. The Labute approximate surface area is 98.3 Å². The molecule has 0 spiro atoms. The van der Waals surface area contributed by atoms with Crippen molar-refractivity contribution in [3.05, 3.63) is 72.9 Å². The van der Waals surface area contributed by atoms with Crippen LogP contribution in [-0.2, 0) is 0 Å². The normalized spacial score (nSPS) is 12.4. The Morgan fingerprint density at radius 1 is 0.875 bits per heavy atom. The second-order valence-corrected chi connectivity index (χ2v) is 3.72. The molecule has 0 N–H and O–H groups in total. The molecule has 0 aliphatic heterocycles. The summed E-state index contributed by atoms with van der Waals surface area (Å²) in [7, 11) is 0. The zero-order valence-corrected chi connectivity index (χ0v) is 10.0. The molecule has 0 aliphatic carbocycles. The van der Waals surface area contributed by atoms with Gasteiger partial charge in [-0.05, 0) is 36.1 Å². The second kappa shape index (κ2) is 5.92. The fourth-order valence-corrected chi connectivity index (χ4v) is 1.70. The Morgan fingerprint density at radius 3 is 1.56 bits per heavy atom. The quantitative estimate of drug-likeness (QED) is 0.622. The third-order valence-electron chi connectivity index (χ3n) is 2.51. The van der Waals surface area contributed by atoms with E-state index in [9.17, 15) is 0 Å². The van der Waals surface area contributed by atoms with E-state index in [1.165, 1.54) is 22.3 Å². The maximum atomic E-state index is 3.73. The van der Waals surface area contributed by atoms with Crippen LogP contribution < -0.4 is 0 Å². The lowest BCUT2D eigenvalue weighted by atomic mass is 9.95. The molecule has 82 valence electrons. The van der Waals surface area contributed by atoms with E-state index >= 15 is 0 Å². The van der Waals surface area contributed by atoms with E-state index in [1.54, 1.807) is 0 Å². The average Bonchev–Trinajstić information content (AvgIpc) is 2.30. The van der Waals surface area contributed by atoms with Crippen LogP contribution in [0, 0.1) is 0 Å². The van der Waals surface area contributed by atoms with Crippen molar-refractivity contribution in [2.75, 3.05) is 0 Å². The van der Waals surface area contributed by atoms with Crippen molar-refractivity contribution < 1.29 is 0 Å². The highest BCUT2D eigenvalue weighted by Gasteiger charge is 2.03. The maximum absolute atomic E-state index is 3.73. The highest BCUT2D eigenvalue weighted by molar-refractivity contribution is 5.79. The van der Waals surface area contributed by atoms with Crippen LogP contribution in [0.1, 0.15) is 25.0 Å². The standard InChI is InChI=1S/C16H18/c1-5-9-13(3)15-11-7-8-12-16(15)14(4)10-6-2/h5-12H,1-2H2,3-4H3. The van der Waals surface area contributed by atoms with Crippen molar-refractivity contribution in [3.63, 3.8) is 0 Å². The van der Waals surface area contributed by atoms with Gasteiger partial charge in [-0.15, -0.1) is 0 Å². The van der Waals surface area contributed by atoms with Gasteiger partial charge in [0, 0.05) is 0 Å². The Kier molecular flexibility index (Phi) is 4.53. The number of rotatable bonds is 4. The van der Waals surface area contributed by atoms with Crippen molar-refractivity contribution >= 4 is 11.1 Å². The molecule has 0 unspecified atom stereocenters. The van der Waals surface area contributed by atoms with E-state index in [4.69, 9.17) is 0 Å². The lowest BCUT2D eigenvalue weighted by molar-refractivity contribution is 1.49. The van der Waals surface area contributed by atoms with Gasteiger partial charge in [0.1, 0.15) is 0 Å². The van der Waals surface area contributed by atoms with E-state index in [1.807, 2.05) is 24.3 Å². The summed E-state index contributed by atoms with van der Waals surface area (Å²) >= 11 is 0. The van der Waals surface area contributed by atoms with Crippen molar-refractivity contribution in [2.45, 2.75) is 13.8 Å². The zero-order chi connectivity index (χ0) is 12.0. The molecule has 0 atom stereocenters. The molecule has 0 fully saturated rings. The smallest absolute Gasteiger partial charge is 0.0152 e. The van der Waals surface area contributed by atoms with Crippen molar-refractivity contribution in [3.8, 4) is 0 Å². The molecule has 1 rings (SSSR count). The van der Waals surface area contributed by atoms with Gasteiger partial charge in [-0.25, -0.2) is 0 Å². The summed E-state index contributed by atoms with van der Waals surface area (Å²) in [5.41, 5.74) is 4.95. The molecule has 0 aromatic heterocycles. The third kappa shape index (κ3) is 2.83. The van der Waals surface area contributed by atoms with E-state index in [0.717, 1.165) is 0 Å². The van der Waals surface area contributed by atoms with Crippen LogP contribution in [0.25, 0.3) is 11.1 Å². The summed E-state index contributed by atoms with van der Waals surface area (Å²) in [5.74, 6) is 0. The van der Waals surface area contributed by atoms with Gasteiger partial charge < -0.3 is 0 Å². The van der Waals surface area contributed by atoms with Gasteiger partial charge in [-0.3, -0.25) is 0 Å². The predicted octanol–water partition coefficient (Wildman–Crippen LogP) is 4.87. The van der Waals surface area contributed by atoms with Crippen LogP contribution in [0.2, 0.25) is 0 Å². The Balaban J connectivity index is 3.30. The average molecular weight is 210 g/mol. The Hall–Kier alpha value is -1.82. The second-order valence-electron chi connectivity index (χ2n) is 3.72. The van der Waals surface area contributed by atoms with E-state index in [-0.39, 0.29) is 0 Å². The summed E-state index contributed by atoms with van der Waals surface area (Å²) in [6, 6.07) is 8.37. The van der Waals surface area contributed by atoms with E-state index in [2.05, 4.69) is 51.3 Å². The Bertz CT molecular complexity index is 402. The van der Waals surface area contributed by atoms with Crippen molar-refractivity contribution in [1.82, 2.24) is 0 Å². The van der Waals surface area contributed by atoms with E-state index in [0.29, 0.717) is 0 Å². The summed E-state index contributed by atoms with van der Waals surface area (Å²) < 4.78 is 0. The summed E-state index contributed by atoms with van der Waals surface area (Å²) in [6.07, 6.45) is 7.69. The van der Waals surface area contributed by atoms with Gasteiger partial charge in [0.15, 0.2) is 0 Å². The third-order valence-corrected chi connectivity index (χ3v) is 2.51. The largest absolute Gasteiger partial charge is 0.0991 e. The summed E-state index contributed by atoms with van der Waals surface area (Å²) in [4.78, 5) is 0. The van der Waals surface area contributed by atoms with E-state index < -0.39 is 0 Å². The minimum absolute atomic E-state index is 1.22. The lowest BCUT2D eigenvalue weighted by Crippen LogP contribution is -1.88. The molecular weight excluding hydrogens is 192 g/mol. The molecule has 0 bridgehead atoms. The fourth-order valence-electron chi connectivity index (χ4n) is 1.70. The zero-order valence-electron chi connectivity index (χ0n) is 10.0. The lowest BCUT2D eigenvalue weighted by Gasteiger charge is -2.09. The molecule has 0 nitrogen and oxygen atoms in total. The monoisotopic (exact) mass is 210 g/mol. The molecule has 1 aromatic rings.